The van der Waals surface area contributed by atoms with Crippen LogP contribution in [0.15, 0.2) is 97.1 Å². The summed E-state index contributed by atoms with van der Waals surface area (Å²) < 4.78 is 15.8. The second-order valence-corrected chi connectivity index (χ2v) is 11.7. The maximum Gasteiger partial charge on any atom is 0.343 e. The Morgan fingerprint density at radius 2 is 1.24 bits per heavy atom. The van der Waals surface area contributed by atoms with E-state index in [-0.39, 0.29) is 23.1 Å². The standard InChI is InChI=1S/C37H29NO8/c1-20(36(42)45-19-29(39)21-14-16-23(17-15-21)46-37(43)22-8-7-9-24(18-22)44-2)38-34(40)32-30-25-10-3-4-11-26(25)31(33(32)35(38)41)28-13-6-5-12-27(28)30/h3-18,20,30-33H,19H2,1-2H3. The van der Waals surface area contributed by atoms with Gasteiger partial charge in [-0.2, -0.15) is 0 Å². The lowest BCUT2D eigenvalue weighted by atomic mass is 9.55. The van der Waals surface area contributed by atoms with Gasteiger partial charge in [-0.05, 0) is 71.6 Å². The molecule has 0 aromatic heterocycles. The molecule has 2 amide bonds. The van der Waals surface area contributed by atoms with Crippen molar-refractivity contribution in [2.45, 2.75) is 24.8 Å². The van der Waals surface area contributed by atoms with E-state index in [9.17, 15) is 24.0 Å². The van der Waals surface area contributed by atoms with E-state index in [1.54, 1.807) is 24.3 Å². The van der Waals surface area contributed by atoms with Gasteiger partial charge in [0.15, 0.2) is 12.4 Å². The number of nitrogens with zero attached hydrogens (tertiary/aromatic N) is 1. The molecule has 46 heavy (non-hydrogen) atoms. The van der Waals surface area contributed by atoms with Crippen molar-refractivity contribution in [1.82, 2.24) is 4.90 Å². The van der Waals surface area contributed by atoms with Crippen LogP contribution in [0.1, 0.15) is 61.7 Å². The average molecular weight is 616 g/mol. The minimum atomic E-state index is -1.21. The molecule has 8 rings (SSSR count). The number of hydrogen-bond donors (Lipinski definition) is 0. The zero-order chi connectivity index (χ0) is 32.1. The first-order valence-electron chi connectivity index (χ1n) is 15.0. The van der Waals surface area contributed by atoms with E-state index < -0.39 is 54.0 Å². The lowest BCUT2D eigenvalue weighted by Gasteiger charge is -2.45. The number of ether oxygens (including phenoxy) is 3. The number of carbonyl (C=O) groups excluding carboxylic acids is 5. The van der Waals surface area contributed by atoms with Crippen LogP contribution in [0.25, 0.3) is 0 Å². The zero-order valence-corrected chi connectivity index (χ0v) is 25.0. The van der Waals surface area contributed by atoms with Crippen LogP contribution in [0.4, 0.5) is 0 Å². The first-order chi connectivity index (χ1) is 22.3. The van der Waals surface area contributed by atoms with E-state index in [1.165, 1.54) is 38.3 Å². The zero-order valence-electron chi connectivity index (χ0n) is 25.0. The molecule has 1 aliphatic heterocycles. The smallest absolute Gasteiger partial charge is 0.343 e. The van der Waals surface area contributed by atoms with Gasteiger partial charge in [-0.15, -0.1) is 0 Å². The van der Waals surface area contributed by atoms with Gasteiger partial charge in [0.1, 0.15) is 17.5 Å². The van der Waals surface area contributed by atoms with Crippen LogP contribution in [-0.2, 0) is 19.1 Å². The maximum atomic E-state index is 13.9. The molecule has 230 valence electrons. The Bertz CT molecular complexity index is 1800. The Labute approximate surface area is 264 Å². The number of ketones is 1. The van der Waals surface area contributed by atoms with Crippen molar-refractivity contribution in [3.8, 4) is 11.5 Å². The van der Waals surface area contributed by atoms with Gasteiger partial charge in [0, 0.05) is 17.4 Å². The Morgan fingerprint density at radius 3 is 1.76 bits per heavy atom. The van der Waals surface area contributed by atoms with Crippen molar-refractivity contribution in [2.75, 3.05) is 13.7 Å². The van der Waals surface area contributed by atoms with E-state index in [2.05, 4.69) is 0 Å². The van der Waals surface area contributed by atoms with Crippen LogP contribution in [0, 0.1) is 11.8 Å². The third-order valence-electron chi connectivity index (χ3n) is 9.25. The molecule has 0 radical (unpaired) electrons. The number of Topliss-reactive ketones (excluding diaryl/α,β-unsaturated/α-hetero) is 1. The van der Waals surface area contributed by atoms with Crippen molar-refractivity contribution in [1.29, 1.82) is 0 Å². The predicted molar refractivity (Wildman–Crippen MR) is 165 cm³/mol. The highest BCUT2D eigenvalue weighted by Gasteiger charge is 2.62. The second-order valence-electron chi connectivity index (χ2n) is 11.7. The first-order valence-corrected chi connectivity index (χ1v) is 15.0. The van der Waals surface area contributed by atoms with Crippen molar-refractivity contribution >= 4 is 29.5 Å². The molecule has 0 saturated carbocycles. The second kappa shape index (κ2) is 11.4. The summed E-state index contributed by atoms with van der Waals surface area (Å²) >= 11 is 0. The van der Waals surface area contributed by atoms with Gasteiger partial charge in [-0.25, -0.2) is 9.59 Å². The van der Waals surface area contributed by atoms with Gasteiger partial charge in [0.25, 0.3) is 0 Å². The van der Waals surface area contributed by atoms with Crippen molar-refractivity contribution in [3.63, 3.8) is 0 Å². The van der Waals surface area contributed by atoms with Crippen molar-refractivity contribution < 1.29 is 38.2 Å². The number of hydrogen-bond acceptors (Lipinski definition) is 8. The number of benzene rings is 4. The maximum absolute atomic E-state index is 13.9. The molecule has 3 aliphatic carbocycles. The molecule has 9 nitrogen and oxygen atoms in total. The summed E-state index contributed by atoms with van der Waals surface area (Å²) in [4.78, 5) is 67.3. The van der Waals surface area contributed by atoms with Crippen LogP contribution < -0.4 is 9.47 Å². The molecular formula is C37H29NO8. The van der Waals surface area contributed by atoms with Gasteiger partial charge in [0.2, 0.25) is 11.8 Å². The van der Waals surface area contributed by atoms with Gasteiger partial charge in [-0.3, -0.25) is 19.3 Å². The summed E-state index contributed by atoms with van der Waals surface area (Å²) in [6, 6.07) is 27.0. The predicted octanol–water partition coefficient (Wildman–Crippen LogP) is 4.92. The summed E-state index contributed by atoms with van der Waals surface area (Å²) in [7, 11) is 1.50. The number of likely N-dealkylation sites (tertiary alicyclic amines) is 1. The number of esters is 2. The highest BCUT2D eigenvalue weighted by Crippen LogP contribution is 2.61. The molecule has 3 atom stereocenters. The van der Waals surface area contributed by atoms with E-state index in [0.29, 0.717) is 11.3 Å². The molecule has 4 aromatic carbocycles. The molecule has 0 spiro atoms. The van der Waals surface area contributed by atoms with Gasteiger partial charge < -0.3 is 14.2 Å². The monoisotopic (exact) mass is 615 g/mol. The molecule has 4 aromatic rings. The molecule has 3 unspecified atom stereocenters. The highest BCUT2D eigenvalue weighted by atomic mass is 16.5. The summed E-state index contributed by atoms with van der Waals surface area (Å²) in [6.07, 6.45) is 0. The number of amides is 2. The molecule has 1 saturated heterocycles. The van der Waals surface area contributed by atoms with E-state index in [4.69, 9.17) is 14.2 Å². The van der Waals surface area contributed by atoms with Crippen LogP contribution in [0.5, 0.6) is 11.5 Å². The van der Waals surface area contributed by atoms with Crippen molar-refractivity contribution in [2.24, 2.45) is 11.8 Å². The summed E-state index contributed by atoms with van der Waals surface area (Å²) in [5, 5.41) is 0. The SMILES string of the molecule is COc1cccc(C(=O)Oc2ccc(C(=O)COC(=O)C(C)N3C(=O)C4C5c6ccccc6C(c6ccccc65)C4C3=O)cc2)c1. The van der Waals surface area contributed by atoms with Gasteiger partial charge >= 0.3 is 11.9 Å². The first kappa shape index (κ1) is 29.2. The molecule has 2 bridgehead atoms. The topological polar surface area (TPSA) is 116 Å². The van der Waals surface area contributed by atoms with E-state index in [1.807, 2.05) is 48.5 Å². The third-order valence-corrected chi connectivity index (χ3v) is 9.25. The molecule has 1 heterocycles. The fourth-order valence-corrected chi connectivity index (χ4v) is 7.15. The van der Waals surface area contributed by atoms with Crippen molar-refractivity contribution in [3.05, 3.63) is 130 Å². The summed E-state index contributed by atoms with van der Waals surface area (Å²) in [6.45, 7) is 0.866. The van der Waals surface area contributed by atoms with E-state index >= 15 is 0 Å². The Hall–Kier alpha value is -5.57. The minimum absolute atomic E-state index is 0.223. The lowest BCUT2D eigenvalue weighted by molar-refractivity contribution is -0.157. The van der Waals surface area contributed by atoms with Crippen LogP contribution >= 0.6 is 0 Å². The highest BCUT2D eigenvalue weighted by molar-refractivity contribution is 6.10. The quantitative estimate of drug-likeness (QED) is 0.119. The van der Waals surface area contributed by atoms with Gasteiger partial charge in [-0.1, -0.05) is 54.6 Å². The fraction of sp³-hybridized carbons (Fsp3) is 0.216. The van der Waals surface area contributed by atoms with Crippen LogP contribution in [-0.4, -0.2) is 54.2 Å². The van der Waals surface area contributed by atoms with Gasteiger partial charge in [0.05, 0.1) is 24.5 Å². The summed E-state index contributed by atoms with van der Waals surface area (Å²) in [5.74, 6) is -3.80. The Kier molecular flexibility index (Phi) is 7.23. The minimum Gasteiger partial charge on any atom is -0.497 e. The molecule has 0 N–H and O–H groups in total. The number of rotatable bonds is 8. The van der Waals surface area contributed by atoms with E-state index in [0.717, 1.165) is 27.2 Å². The average Bonchev–Trinajstić information content (AvgIpc) is 3.36. The lowest BCUT2D eigenvalue weighted by Crippen LogP contribution is -2.45. The fourth-order valence-electron chi connectivity index (χ4n) is 7.15. The molecule has 9 heteroatoms. The van der Waals surface area contributed by atoms with Crippen LogP contribution in [0.2, 0.25) is 0 Å². The molecule has 1 fully saturated rings. The molecular weight excluding hydrogens is 586 g/mol. The number of imide groups is 1. The van der Waals surface area contributed by atoms with Crippen LogP contribution in [0.3, 0.4) is 0 Å². The normalized spacial score (nSPS) is 21.1. The number of methoxy groups -OCH3 is 1. The molecule has 4 aliphatic rings. The third kappa shape index (κ3) is 4.67. The Morgan fingerprint density at radius 1 is 0.696 bits per heavy atom. The number of carbonyl (C=O) groups is 5. The Balaban J connectivity index is 1.01. The largest absolute Gasteiger partial charge is 0.497 e. The summed E-state index contributed by atoms with van der Waals surface area (Å²) in [5.41, 5.74) is 4.69.